The molecule has 0 saturated heterocycles. The van der Waals surface area contributed by atoms with Crippen molar-refractivity contribution < 1.29 is 8.42 Å². The van der Waals surface area contributed by atoms with Gasteiger partial charge in [0.1, 0.15) is 0 Å². The standard InChI is InChI=1S/C15H17IN2O2S/c1-10-7-12(9-17)8-15(11(10)2)21(19,20)18-14-6-4-3-5-13(14)16/h3-8,18H,9,17H2,1-2H3. The van der Waals surface area contributed by atoms with Gasteiger partial charge in [-0.1, -0.05) is 18.2 Å². The van der Waals surface area contributed by atoms with E-state index in [0.717, 1.165) is 20.3 Å². The van der Waals surface area contributed by atoms with Crippen LogP contribution in [0.3, 0.4) is 0 Å². The van der Waals surface area contributed by atoms with Gasteiger partial charge in [0.2, 0.25) is 0 Å². The Bertz CT molecular complexity index is 773. The van der Waals surface area contributed by atoms with E-state index < -0.39 is 10.0 Å². The minimum atomic E-state index is -3.63. The fourth-order valence-electron chi connectivity index (χ4n) is 2.04. The number of hydrogen-bond acceptors (Lipinski definition) is 3. The fraction of sp³-hybridized carbons (Fsp3) is 0.200. The van der Waals surface area contributed by atoms with E-state index >= 15 is 0 Å². The summed E-state index contributed by atoms with van der Waals surface area (Å²) in [5.74, 6) is 0. The van der Waals surface area contributed by atoms with E-state index in [-0.39, 0.29) is 4.90 Å². The third-order valence-corrected chi connectivity index (χ3v) is 5.76. The molecule has 0 amide bonds. The average molecular weight is 416 g/mol. The number of hydrogen-bond donors (Lipinski definition) is 2. The van der Waals surface area contributed by atoms with E-state index in [1.54, 1.807) is 25.1 Å². The minimum Gasteiger partial charge on any atom is -0.326 e. The number of halogens is 1. The maximum absolute atomic E-state index is 12.6. The van der Waals surface area contributed by atoms with Gasteiger partial charge in [-0.2, -0.15) is 0 Å². The molecule has 4 nitrogen and oxygen atoms in total. The number of benzene rings is 2. The lowest BCUT2D eigenvalue weighted by atomic mass is 10.1. The Morgan fingerprint density at radius 2 is 1.86 bits per heavy atom. The molecule has 3 N–H and O–H groups in total. The highest BCUT2D eigenvalue weighted by Gasteiger charge is 2.19. The zero-order chi connectivity index (χ0) is 15.6. The van der Waals surface area contributed by atoms with E-state index in [9.17, 15) is 8.42 Å². The molecular formula is C15H17IN2O2S. The van der Waals surface area contributed by atoms with Crippen molar-refractivity contribution >= 4 is 38.3 Å². The molecule has 0 saturated carbocycles. The normalized spacial score (nSPS) is 11.4. The first-order valence-corrected chi connectivity index (χ1v) is 8.99. The van der Waals surface area contributed by atoms with Gasteiger partial charge in [-0.25, -0.2) is 8.42 Å². The predicted octanol–water partition coefficient (Wildman–Crippen LogP) is 3.17. The Morgan fingerprint density at radius 3 is 2.48 bits per heavy atom. The number of sulfonamides is 1. The molecule has 0 fully saturated rings. The van der Waals surface area contributed by atoms with Crippen molar-refractivity contribution in [1.29, 1.82) is 0 Å². The number of para-hydroxylation sites is 1. The van der Waals surface area contributed by atoms with Crippen LogP contribution in [0.25, 0.3) is 0 Å². The summed E-state index contributed by atoms with van der Waals surface area (Å²) in [6, 6.07) is 10.8. The molecule has 6 heteroatoms. The summed E-state index contributed by atoms with van der Waals surface area (Å²) in [4.78, 5) is 0.280. The Morgan fingerprint density at radius 1 is 1.19 bits per heavy atom. The molecule has 0 aliphatic carbocycles. The van der Waals surface area contributed by atoms with Crippen LogP contribution in [0.5, 0.6) is 0 Å². The summed E-state index contributed by atoms with van der Waals surface area (Å²) in [5.41, 5.74) is 8.68. The smallest absolute Gasteiger partial charge is 0.262 e. The molecule has 2 rings (SSSR count). The van der Waals surface area contributed by atoms with Crippen LogP contribution in [0.4, 0.5) is 5.69 Å². The van der Waals surface area contributed by atoms with Crippen molar-refractivity contribution in [2.75, 3.05) is 4.72 Å². The van der Waals surface area contributed by atoms with Crippen LogP contribution in [0.2, 0.25) is 0 Å². The molecule has 112 valence electrons. The fourth-order valence-corrected chi connectivity index (χ4v) is 4.19. The second-order valence-electron chi connectivity index (χ2n) is 4.83. The lowest BCUT2D eigenvalue weighted by Crippen LogP contribution is -2.16. The maximum Gasteiger partial charge on any atom is 0.262 e. The minimum absolute atomic E-state index is 0.280. The van der Waals surface area contributed by atoms with Gasteiger partial charge in [0, 0.05) is 10.1 Å². The summed E-state index contributed by atoms with van der Waals surface area (Å²) in [5, 5.41) is 0. The summed E-state index contributed by atoms with van der Waals surface area (Å²) >= 11 is 2.10. The van der Waals surface area contributed by atoms with Crippen LogP contribution in [0.15, 0.2) is 41.3 Å². The van der Waals surface area contributed by atoms with Gasteiger partial charge in [-0.05, 0) is 71.3 Å². The Kier molecular flexibility index (Phi) is 4.90. The summed E-state index contributed by atoms with van der Waals surface area (Å²) in [6.07, 6.45) is 0. The molecule has 21 heavy (non-hydrogen) atoms. The van der Waals surface area contributed by atoms with Crippen LogP contribution in [-0.2, 0) is 16.6 Å². The van der Waals surface area contributed by atoms with Crippen molar-refractivity contribution in [1.82, 2.24) is 0 Å². The van der Waals surface area contributed by atoms with Crippen LogP contribution < -0.4 is 10.5 Å². The van der Waals surface area contributed by atoms with E-state index in [0.29, 0.717) is 12.2 Å². The number of nitrogens with two attached hydrogens (primary N) is 1. The van der Waals surface area contributed by atoms with E-state index in [4.69, 9.17) is 5.73 Å². The van der Waals surface area contributed by atoms with E-state index in [1.165, 1.54) is 0 Å². The van der Waals surface area contributed by atoms with Gasteiger partial charge < -0.3 is 5.73 Å². The molecule has 2 aromatic carbocycles. The lowest BCUT2D eigenvalue weighted by Gasteiger charge is -2.14. The maximum atomic E-state index is 12.6. The van der Waals surface area contributed by atoms with Gasteiger partial charge in [-0.15, -0.1) is 0 Å². The van der Waals surface area contributed by atoms with Crippen molar-refractivity contribution in [2.45, 2.75) is 25.3 Å². The highest BCUT2D eigenvalue weighted by atomic mass is 127. The van der Waals surface area contributed by atoms with Crippen LogP contribution in [-0.4, -0.2) is 8.42 Å². The molecule has 0 heterocycles. The second kappa shape index (κ2) is 6.33. The Balaban J connectivity index is 2.50. The monoisotopic (exact) mass is 416 g/mol. The summed E-state index contributed by atoms with van der Waals surface area (Å²) < 4.78 is 28.8. The number of rotatable bonds is 4. The second-order valence-corrected chi connectivity index (χ2v) is 7.64. The number of aryl methyl sites for hydroxylation is 1. The first-order chi connectivity index (χ1) is 9.85. The Labute approximate surface area is 138 Å². The SMILES string of the molecule is Cc1cc(CN)cc(S(=O)(=O)Nc2ccccc2I)c1C. The molecule has 0 atom stereocenters. The lowest BCUT2D eigenvalue weighted by molar-refractivity contribution is 0.600. The molecular weight excluding hydrogens is 399 g/mol. The molecule has 2 aromatic rings. The highest BCUT2D eigenvalue weighted by Crippen LogP contribution is 2.25. The molecule has 0 aliphatic rings. The van der Waals surface area contributed by atoms with Crippen molar-refractivity contribution in [3.05, 3.63) is 56.7 Å². The van der Waals surface area contributed by atoms with Gasteiger partial charge in [0.25, 0.3) is 10.0 Å². The van der Waals surface area contributed by atoms with E-state index in [2.05, 4.69) is 27.3 Å². The van der Waals surface area contributed by atoms with Gasteiger partial charge in [0.15, 0.2) is 0 Å². The van der Waals surface area contributed by atoms with Crippen LogP contribution >= 0.6 is 22.6 Å². The molecule has 0 aromatic heterocycles. The quantitative estimate of drug-likeness (QED) is 0.753. The summed E-state index contributed by atoms with van der Waals surface area (Å²) in [7, 11) is -3.63. The third kappa shape index (κ3) is 3.56. The zero-order valence-corrected chi connectivity index (χ0v) is 14.8. The first kappa shape index (κ1) is 16.3. The van der Waals surface area contributed by atoms with Crippen molar-refractivity contribution in [3.8, 4) is 0 Å². The van der Waals surface area contributed by atoms with Crippen molar-refractivity contribution in [3.63, 3.8) is 0 Å². The Hall–Kier alpha value is -1.12. The molecule has 0 unspecified atom stereocenters. The van der Waals surface area contributed by atoms with Gasteiger partial charge in [-0.3, -0.25) is 4.72 Å². The van der Waals surface area contributed by atoms with Gasteiger partial charge >= 0.3 is 0 Å². The first-order valence-electron chi connectivity index (χ1n) is 6.42. The highest BCUT2D eigenvalue weighted by molar-refractivity contribution is 14.1. The van der Waals surface area contributed by atoms with Gasteiger partial charge in [0.05, 0.1) is 10.6 Å². The molecule has 0 radical (unpaired) electrons. The molecule has 0 spiro atoms. The third-order valence-electron chi connectivity index (χ3n) is 3.32. The van der Waals surface area contributed by atoms with Crippen LogP contribution in [0, 0.1) is 17.4 Å². The molecule has 0 bridgehead atoms. The largest absolute Gasteiger partial charge is 0.326 e. The predicted molar refractivity (Wildman–Crippen MR) is 93.8 cm³/mol. The number of anilines is 1. The van der Waals surface area contributed by atoms with E-state index in [1.807, 2.05) is 25.1 Å². The molecule has 0 aliphatic heterocycles. The zero-order valence-electron chi connectivity index (χ0n) is 11.9. The van der Waals surface area contributed by atoms with Crippen molar-refractivity contribution in [2.24, 2.45) is 5.73 Å². The van der Waals surface area contributed by atoms with Crippen LogP contribution in [0.1, 0.15) is 16.7 Å². The topological polar surface area (TPSA) is 72.2 Å². The number of nitrogens with one attached hydrogen (secondary N) is 1. The average Bonchev–Trinajstić information content (AvgIpc) is 2.43. The summed E-state index contributed by atoms with van der Waals surface area (Å²) in [6.45, 7) is 4.01.